The fourth-order valence-electron chi connectivity index (χ4n) is 3.31. The normalized spacial score (nSPS) is 31.6. The molecule has 3 heterocycles. The Kier molecular flexibility index (Phi) is 3.94. The Morgan fingerprint density at radius 3 is 2.55 bits per heavy atom. The van der Waals surface area contributed by atoms with Gasteiger partial charge in [-0.25, -0.2) is 4.79 Å². The molecule has 22 heavy (non-hydrogen) atoms. The average Bonchev–Trinajstić information content (AvgIpc) is 2.58. The SMILES string of the molecule is C[C@@H](O)[C@H]1C(=O)N2C(C(=O)O)=C(SC(=S)N3CCC3)[C@H](C)[C@H]12. The van der Waals surface area contributed by atoms with Crippen molar-refractivity contribution >= 4 is 40.2 Å². The van der Waals surface area contributed by atoms with Gasteiger partial charge in [0.25, 0.3) is 0 Å². The van der Waals surface area contributed by atoms with Crippen molar-refractivity contribution in [2.45, 2.75) is 32.4 Å². The summed E-state index contributed by atoms with van der Waals surface area (Å²) in [7, 11) is 0. The number of amides is 1. The summed E-state index contributed by atoms with van der Waals surface area (Å²) in [4.78, 5) is 27.8. The van der Waals surface area contributed by atoms with Gasteiger partial charge < -0.3 is 20.0 Å². The van der Waals surface area contributed by atoms with Crippen LogP contribution in [-0.2, 0) is 9.59 Å². The van der Waals surface area contributed by atoms with E-state index < -0.39 is 18.0 Å². The van der Waals surface area contributed by atoms with E-state index in [0.29, 0.717) is 9.23 Å². The summed E-state index contributed by atoms with van der Waals surface area (Å²) < 4.78 is 0.662. The Morgan fingerprint density at radius 2 is 2.09 bits per heavy atom. The smallest absolute Gasteiger partial charge is 0.353 e. The molecule has 1 amide bonds. The van der Waals surface area contributed by atoms with E-state index in [1.807, 2.05) is 11.8 Å². The predicted molar refractivity (Wildman–Crippen MR) is 86.0 cm³/mol. The average molecular weight is 342 g/mol. The second kappa shape index (κ2) is 5.50. The Balaban J connectivity index is 1.88. The molecule has 6 nitrogen and oxygen atoms in total. The van der Waals surface area contributed by atoms with Gasteiger partial charge in [0, 0.05) is 23.9 Å². The highest BCUT2D eigenvalue weighted by Crippen LogP contribution is 2.50. The van der Waals surface area contributed by atoms with Crippen molar-refractivity contribution in [1.29, 1.82) is 0 Å². The van der Waals surface area contributed by atoms with Gasteiger partial charge >= 0.3 is 5.97 Å². The number of aliphatic hydroxyl groups is 1. The molecule has 0 spiro atoms. The number of thiocarbonyl (C=S) groups is 1. The molecular formula is C14H18N2O4S2. The zero-order valence-electron chi connectivity index (χ0n) is 12.4. The highest BCUT2D eigenvalue weighted by Gasteiger charge is 2.60. The van der Waals surface area contributed by atoms with E-state index >= 15 is 0 Å². The van der Waals surface area contributed by atoms with E-state index in [0.717, 1.165) is 19.5 Å². The van der Waals surface area contributed by atoms with E-state index in [1.165, 1.54) is 16.7 Å². The van der Waals surface area contributed by atoms with E-state index in [-0.39, 0.29) is 23.6 Å². The van der Waals surface area contributed by atoms with Crippen molar-refractivity contribution in [3.05, 3.63) is 10.6 Å². The van der Waals surface area contributed by atoms with Crippen molar-refractivity contribution in [3.63, 3.8) is 0 Å². The van der Waals surface area contributed by atoms with Crippen LogP contribution in [0, 0.1) is 11.8 Å². The molecule has 3 rings (SSSR count). The third-order valence-corrected chi connectivity index (χ3v) is 6.35. The number of rotatable bonds is 3. The summed E-state index contributed by atoms with van der Waals surface area (Å²) in [5.74, 6) is -2.08. The van der Waals surface area contributed by atoms with E-state index in [9.17, 15) is 19.8 Å². The van der Waals surface area contributed by atoms with Crippen LogP contribution in [0.4, 0.5) is 0 Å². The third kappa shape index (κ3) is 2.16. The number of aliphatic hydroxyl groups excluding tert-OH is 1. The summed E-state index contributed by atoms with van der Waals surface area (Å²) in [6.45, 7) is 5.27. The van der Waals surface area contributed by atoms with Gasteiger partial charge in [0.2, 0.25) is 5.91 Å². The van der Waals surface area contributed by atoms with Crippen LogP contribution in [0.5, 0.6) is 0 Å². The first-order valence-electron chi connectivity index (χ1n) is 7.30. The van der Waals surface area contributed by atoms with Gasteiger partial charge in [0.15, 0.2) is 0 Å². The van der Waals surface area contributed by atoms with Gasteiger partial charge in [-0.3, -0.25) is 4.79 Å². The van der Waals surface area contributed by atoms with Crippen molar-refractivity contribution in [1.82, 2.24) is 9.80 Å². The molecular weight excluding hydrogens is 324 g/mol. The van der Waals surface area contributed by atoms with Crippen LogP contribution in [0.1, 0.15) is 20.3 Å². The van der Waals surface area contributed by atoms with Gasteiger partial charge in [0.05, 0.1) is 18.1 Å². The van der Waals surface area contributed by atoms with Crippen molar-refractivity contribution in [2.24, 2.45) is 11.8 Å². The summed E-state index contributed by atoms with van der Waals surface area (Å²) in [6.07, 6.45) is 0.316. The first-order valence-corrected chi connectivity index (χ1v) is 8.52. The molecule has 2 saturated heterocycles. The highest BCUT2D eigenvalue weighted by molar-refractivity contribution is 8.25. The second-order valence-corrected chi connectivity index (χ2v) is 7.66. The number of carbonyl (C=O) groups is 2. The lowest BCUT2D eigenvalue weighted by Crippen LogP contribution is -2.63. The lowest BCUT2D eigenvalue weighted by molar-refractivity contribution is -0.163. The van der Waals surface area contributed by atoms with Gasteiger partial charge in [-0.05, 0) is 13.3 Å². The number of β-lactam (4-membered cyclic amide) rings is 1. The number of aliphatic carboxylic acids is 1. The Morgan fingerprint density at radius 1 is 1.45 bits per heavy atom. The molecule has 4 atom stereocenters. The van der Waals surface area contributed by atoms with Gasteiger partial charge in [-0.2, -0.15) is 0 Å². The van der Waals surface area contributed by atoms with Crippen LogP contribution >= 0.6 is 24.0 Å². The fraction of sp³-hybridized carbons (Fsp3) is 0.643. The van der Waals surface area contributed by atoms with E-state index in [2.05, 4.69) is 0 Å². The molecule has 0 unspecified atom stereocenters. The number of carbonyl (C=O) groups excluding carboxylic acids is 1. The number of carboxylic acid groups (broad SMARTS) is 1. The molecule has 0 aliphatic carbocycles. The number of thioether (sulfide) groups is 1. The molecule has 0 aromatic carbocycles. The molecule has 0 saturated carbocycles. The largest absolute Gasteiger partial charge is 0.477 e. The van der Waals surface area contributed by atoms with E-state index in [1.54, 1.807) is 6.92 Å². The summed E-state index contributed by atoms with van der Waals surface area (Å²) in [5.41, 5.74) is 0.0345. The maximum atomic E-state index is 12.2. The molecule has 3 aliphatic heterocycles. The number of likely N-dealkylation sites (tertiary alicyclic amines) is 1. The molecule has 120 valence electrons. The van der Waals surface area contributed by atoms with Crippen LogP contribution in [-0.4, -0.2) is 61.4 Å². The Labute approximate surface area is 138 Å². The number of carboxylic acids is 1. The van der Waals surface area contributed by atoms with Crippen LogP contribution in [0.15, 0.2) is 10.6 Å². The molecule has 0 bridgehead atoms. The molecule has 2 N–H and O–H groups in total. The van der Waals surface area contributed by atoms with Crippen LogP contribution in [0.2, 0.25) is 0 Å². The molecule has 0 aromatic rings. The first kappa shape index (κ1) is 15.8. The molecule has 0 radical (unpaired) electrons. The lowest BCUT2D eigenvalue weighted by atomic mass is 9.79. The topological polar surface area (TPSA) is 81.1 Å². The summed E-state index contributed by atoms with van der Waals surface area (Å²) in [6, 6.07) is -0.278. The quantitative estimate of drug-likeness (QED) is 0.582. The molecule has 0 aromatic heterocycles. The minimum absolute atomic E-state index is 0.0345. The highest BCUT2D eigenvalue weighted by atomic mass is 32.2. The Hall–Kier alpha value is -1.12. The minimum atomic E-state index is -1.11. The molecule has 2 fully saturated rings. The minimum Gasteiger partial charge on any atom is -0.477 e. The standard InChI is InChI=1S/C14H18N2O4S2/c1-6-9-8(7(2)17)12(18)16(9)10(13(19)20)11(6)22-14(21)15-4-3-5-15/h6-9,17H,3-5H2,1-2H3,(H,19,20)/t6-,7-,8-,9-/m1/s1. The summed E-state index contributed by atoms with van der Waals surface area (Å²) >= 11 is 6.65. The fourth-order valence-corrected chi connectivity index (χ4v) is 4.87. The lowest BCUT2D eigenvalue weighted by Gasteiger charge is -2.46. The predicted octanol–water partition coefficient (Wildman–Crippen LogP) is 0.864. The summed E-state index contributed by atoms with van der Waals surface area (Å²) in [5, 5.41) is 19.3. The Bertz CT molecular complexity index is 585. The van der Waals surface area contributed by atoms with Crippen molar-refractivity contribution < 1.29 is 19.8 Å². The molecule has 8 heteroatoms. The van der Waals surface area contributed by atoms with Crippen LogP contribution in [0.3, 0.4) is 0 Å². The maximum absolute atomic E-state index is 12.2. The van der Waals surface area contributed by atoms with Crippen molar-refractivity contribution in [3.8, 4) is 0 Å². The second-order valence-electron chi connectivity index (χ2n) is 5.98. The molecule has 3 aliphatic rings. The number of fused-ring (bicyclic) bond motifs is 1. The number of hydrogen-bond donors (Lipinski definition) is 2. The zero-order valence-corrected chi connectivity index (χ0v) is 14.0. The maximum Gasteiger partial charge on any atom is 0.353 e. The first-order chi connectivity index (χ1) is 10.3. The number of hydrogen-bond acceptors (Lipinski definition) is 5. The monoisotopic (exact) mass is 342 g/mol. The third-order valence-electron chi connectivity index (χ3n) is 4.62. The van der Waals surface area contributed by atoms with E-state index in [4.69, 9.17) is 12.2 Å². The van der Waals surface area contributed by atoms with Crippen LogP contribution in [0.25, 0.3) is 0 Å². The number of nitrogens with zero attached hydrogens (tertiary/aromatic N) is 2. The zero-order chi connectivity index (χ0) is 16.2. The van der Waals surface area contributed by atoms with Crippen LogP contribution < -0.4 is 0 Å². The van der Waals surface area contributed by atoms with Gasteiger partial charge in [-0.1, -0.05) is 30.9 Å². The van der Waals surface area contributed by atoms with Gasteiger partial charge in [-0.15, -0.1) is 0 Å². The van der Waals surface area contributed by atoms with Gasteiger partial charge in [0.1, 0.15) is 10.0 Å². The van der Waals surface area contributed by atoms with Crippen molar-refractivity contribution in [2.75, 3.05) is 13.1 Å².